The second-order valence-electron chi connectivity index (χ2n) is 1.11. The summed E-state index contributed by atoms with van der Waals surface area (Å²) >= 11 is 1.58. The molecule has 0 aliphatic heterocycles. The van der Waals surface area contributed by atoms with E-state index in [9.17, 15) is 4.79 Å². The summed E-state index contributed by atoms with van der Waals surface area (Å²) in [5.41, 5.74) is 8.01. The SMILES string of the molecule is CCOC(=O)C(I)=[N+]=[N-]. The molecular formula is C4H5IN2O2. The molecule has 9 heavy (non-hydrogen) atoms. The van der Waals surface area contributed by atoms with Crippen molar-refractivity contribution in [3.05, 3.63) is 5.53 Å². The average Bonchev–Trinajstić information content (AvgIpc) is 1.87. The number of carbonyl (C=O) groups excluding carboxylic acids is 1. The molecule has 0 aliphatic carbocycles. The number of nitrogens with zero attached hydrogens (tertiary/aromatic N) is 2. The van der Waals surface area contributed by atoms with Crippen LogP contribution in [0.15, 0.2) is 0 Å². The fourth-order valence-electron chi connectivity index (χ4n) is 0.231. The largest absolute Gasteiger partial charge is 0.457 e. The molecule has 50 valence electrons. The van der Waals surface area contributed by atoms with Gasteiger partial charge in [-0.1, -0.05) is 0 Å². The zero-order valence-electron chi connectivity index (χ0n) is 4.80. The minimum absolute atomic E-state index is 0.0607. The number of halogens is 1. The van der Waals surface area contributed by atoms with E-state index in [4.69, 9.17) is 5.53 Å². The van der Waals surface area contributed by atoms with E-state index in [1.807, 2.05) is 0 Å². The van der Waals surface area contributed by atoms with Crippen LogP contribution in [0.5, 0.6) is 0 Å². The Morgan fingerprint density at radius 1 is 1.89 bits per heavy atom. The van der Waals surface area contributed by atoms with Gasteiger partial charge in [0.05, 0.1) is 29.2 Å². The lowest BCUT2D eigenvalue weighted by Crippen LogP contribution is -2.11. The molecule has 0 heterocycles. The molecule has 0 fully saturated rings. The Labute approximate surface area is 66.0 Å². The van der Waals surface area contributed by atoms with Crippen molar-refractivity contribution in [1.82, 2.24) is 0 Å². The Kier molecular flexibility index (Phi) is 4.25. The van der Waals surface area contributed by atoms with Gasteiger partial charge in [-0.2, -0.15) is 4.79 Å². The van der Waals surface area contributed by atoms with Crippen LogP contribution >= 0.6 is 22.6 Å². The highest BCUT2D eigenvalue weighted by Gasteiger charge is 2.15. The summed E-state index contributed by atoms with van der Waals surface area (Å²) in [7, 11) is 0. The van der Waals surface area contributed by atoms with E-state index in [1.165, 1.54) is 0 Å². The van der Waals surface area contributed by atoms with Gasteiger partial charge in [0, 0.05) is 0 Å². The van der Waals surface area contributed by atoms with Crippen LogP contribution in [-0.4, -0.2) is 21.1 Å². The van der Waals surface area contributed by atoms with Crippen molar-refractivity contribution in [3.8, 4) is 0 Å². The smallest absolute Gasteiger partial charge is 0.432 e. The molecule has 0 saturated heterocycles. The van der Waals surface area contributed by atoms with E-state index >= 15 is 0 Å². The molecule has 0 aromatic carbocycles. The molecule has 0 saturated carbocycles. The Hall–Kier alpha value is -0.420. The van der Waals surface area contributed by atoms with Crippen molar-refractivity contribution in [3.63, 3.8) is 0 Å². The first-order chi connectivity index (χ1) is 4.22. The Balaban J connectivity index is 3.89. The maximum atomic E-state index is 10.5. The number of carbonyl (C=O) groups is 1. The maximum Gasteiger partial charge on any atom is 0.432 e. The fourth-order valence-corrected chi connectivity index (χ4v) is 0.387. The van der Waals surface area contributed by atoms with Crippen molar-refractivity contribution in [2.45, 2.75) is 6.92 Å². The van der Waals surface area contributed by atoms with E-state index in [0.29, 0.717) is 6.61 Å². The van der Waals surface area contributed by atoms with Crippen LogP contribution < -0.4 is 0 Å². The van der Waals surface area contributed by atoms with E-state index < -0.39 is 5.97 Å². The monoisotopic (exact) mass is 240 g/mol. The molecule has 0 spiro atoms. The quantitative estimate of drug-likeness (QED) is 0.233. The summed E-state index contributed by atoms with van der Waals surface area (Å²) in [6.45, 7) is 1.97. The lowest BCUT2D eigenvalue weighted by atomic mass is 10.7. The van der Waals surface area contributed by atoms with Gasteiger partial charge in [0.15, 0.2) is 0 Å². The van der Waals surface area contributed by atoms with Gasteiger partial charge in [-0.05, 0) is 6.92 Å². The van der Waals surface area contributed by atoms with E-state index in [2.05, 4.69) is 9.53 Å². The van der Waals surface area contributed by atoms with Gasteiger partial charge in [0.2, 0.25) is 0 Å². The van der Waals surface area contributed by atoms with Crippen LogP contribution in [0.3, 0.4) is 0 Å². The first-order valence-corrected chi connectivity index (χ1v) is 3.35. The second kappa shape index (κ2) is 4.46. The summed E-state index contributed by atoms with van der Waals surface area (Å²) in [5.74, 6) is -0.597. The van der Waals surface area contributed by atoms with Crippen LogP contribution in [0.1, 0.15) is 6.92 Å². The topological polar surface area (TPSA) is 62.7 Å². The third kappa shape index (κ3) is 3.21. The number of ether oxygens (including phenoxy) is 1. The number of hydrogen-bond acceptors (Lipinski definition) is 2. The van der Waals surface area contributed by atoms with E-state index in [-0.39, 0.29) is 3.72 Å². The molecule has 0 unspecified atom stereocenters. The first kappa shape index (κ1) is 8.58. The minimum Gasteiger partial charge on any atom is -0.457 e. The number of hydrogen-bond donors (Lipinski definition) is 0. The molecule has 5 heteroatoms. The predicted molar refractivity (Wildman–Crippen MR) is 39.3 cm³/mol. The van der Waals surface area contributed by atoms with Gasteiger partial charge in [-0.25, -0.2) is 4.79 Å². The Bertz CT molecular complexity index is 162. The molecule has 0 atom stereocenters. The maximum absolute atomic E-state index is 10.5. The van der Waals surface area contributed by atoms with Gasteiger partial charge < -0.3 is 10.3 Å². The summed E-state index contributed by atoms with van der Waals surface area (Å²) in [6, 6.07) is 0. The molecule has 0 rings (SSSR count). The van der Waals surface area contributed by atoms with Gasteiger partial charge in [0.25, 0.3) is 0 Å². The third-order valence-corrected chi connectivity index (χ3v) is 1.19. The van der Waals surface area contributed by atoms with E-state index in [0.717, 1.165) is 0 Å². The molecule has 0 aromatic rings. The second-order valence-corrected chi connectivity index (χ2v) is 2.13. The number of rotatable bonds is 2. The zero-order chi connectivity index (χ0) is 7.28. The molecule has 0 N–H and O–H groups in total. The highest BCUT2D eigenvalue weighted by molar-refractivity contribution is 14.1. The Morgan fingerprint density at radius 2 is 2.44 bits per heavy atom. The molecule has 0 bridgehead atoms. The number of esters is 1. The summed E-state index contributed by atoms with van der Waals surface area (Å²) < 4.78 is 4.40. The zero-order valence-corrected chi connectivity index (χ0v) is 6.95. The lowest BCUT2D eigenvalue weighted by Gasteiger charge is -1.89. The standard InChI is InChI=1S/C4H5IN2O2/c1-2-9-4(8)3(5)7-6/h2H2,1H3. The summed E-state index contributed by atoms with van der Waals surface area (Å²) in [4.78, 5) is 13.1. The minimum atomic E-state index is -0.597. The van der Waals surface area contributed by atoms with Gasteiger partial charge in [-0.3, -0.25) is 0 Å². The lowest BCUT2D eigenvalue weighted by molar-refractivity contribution is -0.138. The molecule has 0 amide bonds. The van der Waals surface area contributed by atoms with Gasteiger partial charge in [0.1, 0.15) is 0 Å². The molecular weight excluding hydrogens is 235 g/mol. The molecule has 4 nitrogen and oxygen atoms in total. The van der Waals surface area contributed by atoms with Crippen LogP contribution in [0.25, 0.3) is 5.53 Å². The summed E-state index contributed by atoms with van der Waals surface area (Å²) in [5, 5.41) is 0. The van der Waals surface area contributed by atoms with Crippen molar-refractivity contribution in [2.75, 3.05) is 6.61 Å². The van der Waals surface area contributed by atoms with Crippen molar-refractivity contribution < 1.29 is 14.3 Å². The van der Waals surface area contributed by atoms with Gasteiger partial charge in [-0.15, -0.1) is 0 Å². The normalized spacial score (nSPS) is 7.78. The van der Waals surface area contributed by atoms with Crippen molar-refractivity contribution in [1.29, 1.82) is 0 Å². The highest BCUT2D eigenvalue weighted by Crippen LogP contribution is 1.88. The third-order valence-electron chi connectivity index (χ3n) is 0.532. The van der Waals surface area contributed by atoms with Crippen LogP contribution in [-0.2, 0) is 9.53 Å². The van der Waals surface area contributed by atoms with Crippen molar-refractivity contribution in [2.24, 2.45) is 0 Å². The van der Waals surface area contributed by atoms with Crippen LogP contribution in [0, 0.1) is 0 Å². The predicted octanol–water partition coefficient (Wildman–Crippen LogP) is 0.613. The Morgan fingerprint density at radius 3 is 2.78 bits per heavy atom. The van der Waals surface area contributed by atoms with Crippen LogP contribution in [0.2, 0.25) is 0 Å². The van der Waals surface area contributed by atoms with E-state index in [1.54, 1.807) is 29.5 Å². The van der Waals surface area contributed by atoms with Crippen LogP contribution in [0.4, 0.5) is 0 Å². The fraction of sp³-hybridized carbons (Fsp3) is 0.500. The highest BCUT2D eigenvalue weighted by atomic mass is 127. The summed E-state index contributed by atoms with van der Waals surface area (Å²) in [6.07, 6.45) is 0. The van der Waals surface area contributed by atoms with Gasteiger partial charge >= 0.3 is 9.69 Å². The first-order valence-electron chi connectivity index (χ1n) is 2.27. The average molecular weight is 240 g/mol. The molecule has 0 radical (unpaired) electrons. The molecule has 0 aromatic heterocycles. The molecule has 0 aliphatic rings. The van der Waals surface area contributed by atoms with Crippen molar-refractivity contribution >= 4 is 32.3 Å².